The zero-order valence-corrected chi connectivity index (χ0v) is 21.4. The minimum atomic E-state index is -3.55. The lowest BCUT2D eigenvalue weighted by Gasteiger charge is -2.13. The molecule has 34 heavy (non-hydrogen) atoms. The Morgan fingerprint density at radius 2 is 1.59 bits per heavy atom. The lowest BCUT2D eigenvalue weighted by molar-refractivity contribution is 0.279. The topological polar surface area (TPSA) is 58.6 Å². The van der Waals surface area contributed by atoms with Crippen molar-refractivity contribution in [3.05, 3.63) is 94.5 Å². The molecule has 5 nitrogen and oxygen atoms in total. The van der Waals surface area contributed by atoms with Crippen molar-refractivity contribution >= 4 is 21.6 Å². The van der Waals surface area contributed by atoms with Crippen molar-refractivity contribution in [1.29, 1.82) is 0 Å². The Bertz CT molecular complexity index is 1150. The van der Waals surface area contributed by atoms with E-state index in [2.05, 4.69) is 41.9 Å². The summed E-state index contributed by atoms with van der Waals surface area (Å²) < 4.78 is 33.6. The van der Waals surface area contributed by atoms with E-state index in [1.807, 2.05) is 30.3 Å². The van der Waals surface area contributed by atoms with Crippen LogP contribution >= 0.6 is 11.6 Å². The summed E-state index contributed by atoms with van der Waals surface area (Å²) in [5.74, 6) is 0.953. The number of sulfonamides is 1. The van der Waals surface area contributed by atoms with E-state index in [1.165, 1.54) is 23.3 Å². The highest BCUT2D eigenvalue weighted by Gasteiger charge is 2.13. The van der Waals surface area contributed by atoms with Gasteiger partial charge in [0.25, 0.3) is 0 Å². The second-order valence-electron chi connectivity index (χ2n) is 8.53. The molecule has 1 N–H and O–H groups in total. The molecule has 0 heterocycles. The van der Waals surface area contributed by atoms with Gasteiger partial charge in [0.1, 0.15) is 5.75 Å². The molecule has 0 radical (unpaired) electrons. The van der Waals surface area contributed by atoms with Crippen LogP contribution in [0.25, 0.3) is 0 Å². The van der Waals surface area contributed by atoms with Gasteiger partial charge >= 0.3 is 0 Å². The summed E-state index contributed by atoms with van der Waals surface area (Å²) in [6, 6.07) is 22.7. The number of nitrogens with zero attached hydrogens (tertiary/aromatic N) is 1. The Kier molecular flexibility index (Phi) is 9.96. The highest BCUT2D eigenvalue weighted by atomic mass is 35.5. The summed E-state index contributed by atoms with van der Waals surface area (Å²) in [4.78, 5) is 2.37. The summed E-state index contributed by atoms with van der Waals surface area (Å²) >= 11 is 5.85. The molecular weight excluding hydrogens is 468 g/mol. The maximum atomic E-state index is 12.5. The van der Waals surface area contributed by atoms with Gasteiger partial charge in [-0.25, -0.2) is 13.1 Å². The molecular formula is C27H33ClN2O3S. The predicted octanol–water partition coefficient (Wildman–Crippen LogP) is 4.98. The summed E-state index contributed by atoms with van der Waals surface area (Å²) in [5.41, 5.74) is 3.53. The van der Waals surface area contributed by atoms with Crippen LogP contribution in [-0.2, 0) is 29.3 Å². The molecule has 0 amide bonds. The third-order valence-electron chi connectivity index (χ3n) is 5.48. The maximum Gasteiger partial charge on any atom is 0.240 e. The minimum absolute atomic E-state index is 0.216. The fourth-order valence-electron chi connectivity index (χ4n) is 3.66. The van der Waals surface area contributed by atoms with Crippen LogP contribution < -0.4 is 9.46 Å². The van der Waals surface area contributed by atoms with Gasteiger partial charge in [-0.15, -0.1) is 0 Å². The molecule has 0 saturated carbocycles. The second kappa shape index (κ2) is 12.9. The van der Waals surface area contributed by atoms with Gasteiger partial charge in [-0.05, 0) is 86.8 Å². The molecule has 7 heteroatoms. The molecule has 0 aliphatic heterocycles. The van der Waals surface area contributed by atoms with E-state index in [0.29, 0.717) is 24.6 Å². The van der Waals surface area contributed by atoms with Crippen molar-refractivity contribution < 1.29 is 13.2 Å². The predicted molar refractivity (Wildman–Crippen MR) is 139 cm³/mol. The van der Waals surface area contributed by atoms with Crippen molar-refractivity contribution in [2.45, 2.75) is 30.6 Å². The van der Waals surface area contributed by atoms with E-state index in [9.17, 15) is 8.42 Å². The van der Waals surface area contributed by atoms with Gasteiger partial charge in [-0.2, -0.15) is 0 Å². The molecule has 0 aliphatic rings. The van der Waals surface area contributed by atoms with Crippen LogP contribution in [-0.4, -0.2) is 47.1 Å². The van der Waals surface area contributed by atoms with E-state index in [-0.39, 0.29) is 4.90 Å². The summed E-state index contributed by atoms with van der Waals surface area (Å²) in [5, 5.41) is 0.509. The first kappa shape index (κ1) is 26.2. The molecule has 0 saturated heterocycles. The smallest absolute Gasteiger partial charge is 0.240 e. The fraction of sp³-hybridized carbons (Fsp3) is 0.333. The average Bonchev–Trinajstić information content (AvgIpc) is 2.81. The van der Waals surface area contributed by atoms with Crippen molar-refractivity contribution in [1.82, 2.24) is 9.62 Å². The lowest BCUT2D eigenvalue weighted by atomic mass is 10.0. The number of hydrogen-bond acceptors (Lipinski definition) is 4. The maximum absolute atomic E-state index is 12.5. The number of benzene rings is 3. The van der Waals surface area contributed by atoms with Crippen molar-refractivity contribution in [3.8, 4) is 5.75 Å². The van der Waals surface area contributed by atoms with Crippen molar-refractivity contribution in [2.75, 3.05) is 33.8 Å². The number of aryl methyl sites for hydroxylation is 2. The Morgan fingerprint density at radius 1 is 0.882 bits per heavy atom. The molecule has 0 atom stereocenters. The Balaban J connectivity index is 1.52. The first-order chi connectivity index (χ1) is 16.3. The first-order valence-corrected chi connectivity index (χ1v) is 13.4. The zero-order valence-electron chi connectivity index (χ0n) is 19.8. The molecule has 0 spiro atoms. The number of halogens is 1. The van der Waals surface area contributed by atoms with Gasteiger partial charge < -0.3 is 9.64 Å². The van der Waals surface area contributed by atoms with Crippen LogP contribution in [0.15, 0.2) is 77.7 Å². The number of para-hydroxylation sites is 1. The molecule has 3 rings (SSSR count). The third-order valence-corrected chi connectivity index (χ3v) is 7.21. The van der Waals surface area contributed by atoms with Crippen LogP contribution in [0.5, 0.6) is 5.75 Å². The number of nitrogens with one attached hydrogen (secondary N) is 1. The Morgan fingerprint density at radius 3 is 2.32 bits per heavy atom. The third kappa shape index (κ3) is 8.44. The minimum Gasteiger partial charge on any atom is -0.493 e. The molecule has 0 bridgehead atoms. The van der Waals surface area contributed by atoms with Gasteiger partial charge in [0, 0.05) is 18.1 Å². The van der Waals surface area contributed by atoms with Gasteiger partial charge in [0.15, 0.2) is 0 Å². The van der Waals surface area contributed by atoms with Crippen LogP contribution in [0.4, 0.5) is 0 Å². The number of hydrogen-bond donors (Lipinski definition) is 1. The van der Waals surface area contributed by atoms with E-state index in [0.717, 1.165) is 37.1 Å². The molecule has 0 aliphatic carbocycles. The lowest BCUT2D eigenvalue weighted by Crippen LogP contribution is -2.26. The first-order valence-electron chi connectivity index (χ1n) is 11.5. The normalized spacial score (nSPS) is 11.6. The van der Waals surface area contributed by atoms with Gasteiger partial charge in [-0.1, -0.05) is 54.1 Å². The highest BCUT2D eigenvalue weighted by Crippen LogP contribution is 2.21. The van der Waals surface area contributed by atoms with Gasteiger partial charge in [0.2, 0.25) is 10.0 Å². The van der Waals surface area contributed by atoms with Crippen molar-refractivity contribution in [2.24, 2.45) is 0 Å². The van der Waals surface area contributed by atoms with Crippen LogP contribution in [0.2, 0.25) is 5.02 Å². The van der Waals surface area contributed by atoms with Gasteiger partial charge in [0.05, 0.1) is 11.5 Å². The van der Waals surface area contributed by atoms with E-state index < -0.39 is 10.0 Å². The van der Waals surface area contributed by atoms with Crippen LogP contribution in [0.1, 0.15) is 23.1 Å². The molecule has 3 aromatic carbocycles. The Hall–Kier alpha value is -2.38. The quantitative estimate of drug-likeness (QED) is 0.336. The molecule has 3 aromatic rings. The zero-order chi connectivity index (χ0) is 24.4. The Labute approximate surface area is 208 Å². The van der Waals surface area contributed by atoms with E-state index in [4.69, 9.17) is 16.3 Å². The van der Waals surface area contributed by atoms with E-state index >= 15 is 0 Å². The molecule has 0 fully saturated rings. The fourth-order valence-corrected chi connectivity index (χ4v) is 4.82. The van der Waals surface area contributed by atoms with Crippen LogP contribution in [0.3, 0.4) is 0 Å². The molecule has 182 valence electrons. The van der Waals surface area contributed by atoms with E-state index in [1.54, 1.807) is 12.1 Å². The number of rotatable bonds is 13. The largest absolute Gasteiger partial charge is 0.493 e. The van der Waals surface area contributed by atoms with Gasteiger partial charge in [-0.3, -0.25) is 0 Å². The standard InChI is InChI=1S/C27H33ClN2O3S/c1-30(2)19-6-20-33-27-10-4-3-9-24(27)12-11-22-7-5-8-23(21-22)17-18-29-34(31,32)26-15-13-25(28)14-16-26/h3-5,7-10,13-16,21,29H,6,11-12,17-20H2,1-2H3. The monoisotopic (exact) mass is 500 g/mol. The highest BCUT2D eigenvalue weighted by molar-refractivity contribution is 7.89. The van der Waals surface area contributed by atoms with Crippen molar-refractivity contribution in [3.63, 3.8) is 0 Å². The summed E-state index contributed by atoms with van der Waals surface area (Å²) in [6.07, 6.45) is 3.39. The average molecular weight is 501 g/mol. The second-order valence-corrected chi connectivity index (χ2v) is 10.7. The van der Waals surface area contributed by atoms with Crippen LogP contribution in [0, 0.1) is 0 Å². The SMILES string of the molecule is CN(C)CCCOc1ccccc1CCc1cccc(CCNS(=O)(=O)c2ccc(Cl)cc2)c1. The molecule has 0 unspecified atom stereocenters. The molecule has 0 aromatic heterocycles. The summed E-state index contributed by atoms with van der Waals surface area (Å²) in [6.45, 7) is 2.04. The number of ether oxygens (including phenoxy) is 1. The summed E-state index contributed by atoms with van der Waals surface area (Å²) in [7, 11) is 0.584.